The predicted molar refractivity (Wildman–Crippen MR) is 58.8 cm³/mol. The largest absolute Gasteiger partial charge is 0.396 e. The molecule has 0 aliphatic carbocycles. The molecule has 0 amide bonds. The lowest BCUT2D eigenvalue weighted by atomic mass is 9.84. The van der Waals surface area contributed by atoms with Crippen LogP contribution in [0.1, 0.15) is 59.8 Å². The minimum atomic E-state index is 0.353. The van der Waals surface area contributed by atoms with Gasteiger partial charge < -0.3 is 5.11 Å². The molecule has 0 aromatic heterocycles. The molecule has 1 atom stereocenters. The summed E-state index contributed by atoms with van der Waals surface area (Å²) in [7, 11) is 0. The second-order valence-corrected chi connectivity index (χ2v) is 5.24. The Kier molecular flexibility index (Phi) is 6.40. The van der Waals surface area contributed by atoms with Crippen molar-refractivity contribution in [3.8, 4) is 0 Å². The van der Waals surface area contributed by atoms with E-state index >= 15 is 0 Å². The van der Waals surface area contributed by atoms with Gasteiger partial charge in [-0.25, -0.2) is 0 Å². The molecule has 1 heteroatoms. The van der Waals surface area contributed by atoms with Crippen LogP contribution >= 0.6 is 0 Å². The lowest BCUT2D eigenvalue weighted by molar-refractivity contribution is 0.254. The van der Waals surface area contributed by atoms with Gasteiger partial charge in [-0.1, -0.05) is 34.1 Å². The summed E-state index contributed by atoms with van der Waals surface area (Å²) in [5.74, 6) is 0.825. The van der Waals surface area contributed by atoms with Gasteiger partial charge in [0.1, 0.15) is 0 Å². The molecule has 0 unspecified atom stereocenters. The second kappa shape index (κ2) is 6.42. The van der Waals surface area contributed by atoms with Gasteiger partial charge in [0.2, 0.25) is 0 Å². The van der Waals surface area contributed by atoms with Gasteiger partial charge in [-0.3, -0.25) is 0 Å². The smallest absolute Gasteiger partial charge is 0.0431 e. The van der Waals surface area contributed by atoms with Crippen LogP contribution in [0.3, 0.4) is 0 Å². The van der Waals surface area contributed by atoms with Crippen molar-refractivity contribution < 1.29 is 5.11 Å². The first-order valence-electron chi connectivity index (χ1n) is 5.60. The molecule has 0 rings (SSSR count). The topological polar surface area (TPSA) is 20.2 Å². The standard InChI is InChI=1S/C12H26O/c1-5-11(7-6-10-13)8-9-12(2,3)4/h11,13H,5-10H2,1-4H3/t11-/m1/s1. The van der Waals surface area contributed by atoms with Crippen LogP contribution in [-0.2, 0) is 0 Å². The van der Waals surface area contributed by atoms with Crippen molar-refractivity contribution >= 4 is 0 Å². The monoisotopic (exact) mass is 186 g/mol. The molecular formula is C12H26O. The summed E-state index contributed by atoms with van der Waals surface area (Å²) in [5, 5.41) is 8.74. The highest BCUT2D eigenvalue weighted by molar-refractivity contribution is 4.65. The lowest BCUT2D eigenvalue weighted by Crippen LogP contribution is -2.09. The molecule has 13 heavy (non-hydrogen) atoms. The van der Waals surface area contributed by atoms with E-state index in [1.165, 1.54) is 25.7 Å². The molecule has 0 heterocycles. The maximum absolute atomic E-state index is 8.74. The van der Waals surface area contributed by atoms with Gasteiger partial charge in [0.15, 0.2) is 0 Å². The van der Waals surface area contributed by atoms with Crippen molar-refractivity contribution in [2.45, 2.75) is 59.8 Å². The first-order valence-corrected chi connectivity index (χ1v) is 5.60. The Morgan fingerprint density at radius 1 is 1.15 bits per heavy atom. The van der Waals surface area contributed by atoms with Crippen molar-refractivity contribution in [1.29, 1.82) is 0 Å². The Hall–Kier alpha value is -0.0400. The van der Waals surface area contributed by atoms with E-state index in [0.29, 0.717) is 12.0 Å². The van der Waals surface area contributed by atoms with E-state index in [9.17, 15) is 0 Å². The second-order valence-electron chi connectivity index (χ2n) is 5.24. The van der Waals surface area contributed by atoms with Crippen molar-refractivity contribution in [1.82, 2.24) is 0 Å². The SMILES string of the molecule is CC[C@H](CCCO)CCC(C)(C)C. The minimum Gasteiger partial charge on any atom is -0.396 e. The average Bonchev–Trinajstić information content (AvgIpc) is 2.03. The molecule has 0 fully saturated rings. The number of aliphatic hydroxyl groups excluding tert-OH is 1. The number of hydrogen-bond acceptors (Lipinski definition) is 1. The molecule has 0 spiro atoms. The number of aliphatic hydroxyl groups is 1. The highest BCUT2D eigenvalue weighted by atomic mass is 16.2. The Balaban J connectivity index is 3.59. The van der Waals surface area contributed by atoms with E-state index in [4.69, 9.17) is 5.11 Å². The van der Waals surface area contributed by atoms with Crippen LogP contribution in [0.5, 0.6) is 0 Å². The molecule has 0 saturated heterocycles. The molecule has 0 saturated carbocycles. The van der Waals surface area contributed by atoms with Crippen LogP contribution in [0, 0.1) is 11.3 Å². The third-order valence-electron chi connectivity index (χ3n) is 2.65. The minimum absolute atomic E-state index is 0.353. The summed E-state index contributed by atoms with van der Waals surface area (Å²) in [4.78, 5) is 0. The van der Waals surface area contributed by atoms with Gasteiger partial charge in [-0.15, -0.1) is 0 Å². The van der Waals surface area contributed by atoms with E-state index in [0.717, 1.165) is 12.3 Å². The number of rotatable bonds is 6. The quantitative estimate of drug-likeness (QED) is 0.672. The van der Waals surface area contributed by atoms with Crippen molar-refractivity contribution in [2.24, 2.45) is 11.3 Å². The molecule has 0 radical (unpaired) electrons. The fraction of sp³-hybridized carbons (Fsp3) is 1.00. The zero-order chi connectivity index (χ0) is 10.3. The maximum atomic E-state index is 8.74. The highest BCUT2D eigenvalue weighted by Crippen LogP contribution is 2.26. The molecule has 0 aromatic carbocycles. The summed E-state index contributed by atoms with van der Waals surface area (Å²) in [6.07, 6.45) is 6.05. The molecule has 1 N–H and O–H groups in total. The van der Waals surface area contributed by atoms with Crippen LogP contribution in [0.25, 0.3) is 0 Å². The lowest BCUT2D eigenvalue weighted by Gasteiger charge is -2.22. The number of hydrogen-bond donors (Lipinski definition) is 1. The summed E-state index contributed by atoms with van der Waals surface area (Å²) in [6, 6.07) is 0. The maximum Gasteiger partial charge on any atom is 0.0431 e. The van der Waals surface area contributed by atoms with Crippen molar-refractivity contribution in [2.75, 3.05) is 6.61 Å². The summed E-state index contributed by atoms with van der Waals surface area (Å²) < 4.78 is 0. The van der Waals surface area contributed by atoms with Crippen LogP contribution in [0.2, 0.25) is 0 Å². The van der Waals surface area contributed by atoms with E-state index in [1.54, 1.807) is 0 Å². The first-order chi connectivity index (χ1) is 5.99. The van der Waals surface area contributed by atoms with Gasteiger partial charge >= 0.3 is 0 Å². The average molecular weight is 186 g/mol. The van der Waals surface area contributed by atoms with Crippen LogP contribution < -0.4 is 0 Å². The van der Waals surface area contributed by atoms with Gasteiger partial charge in [-0.2, -0.15) is 0 Å². The molecule has 80 valence electrons. The Morgan fingerprint density at radius 2 is 1.77 bits per heavy atom. The fourth-order valence-electron chi connectivity index (χ4n) is 1.57. The van der Waals surface area contributed by atoms with Gasteiger partial charge in [0.05, 0.1) is 0 Å². The molecule has 0 bridgehead atoms. The normalized spacial score (nSPS) is 14.5. The van der Waals surface area contributed by atoms with E-state index in [2.05, 4.69) is 27.7 Å². The predicted octanol–water partition coefficient (Wildman–Crippen LogP) is 3.61. The third kappa shape index (κ3) is 8.29. The molecule has 0 aliphatic rings. The molecule has 1 nitrogen and oxygen atoms in total. The summed E-state index contributed by atoms with van der Waals surface area (Å²) in [6.45, 7) is 9.50. The third-order valence-corrected chi connectivity index (χ3v) is 2.65. The van der Waals surface area contributed by atoms with E-state index < -0.39 is 0 Å². The van der Waals surface area contributed by atoms with Crippen molar-refractivity contribution in [3.05, 3.63) is 0 Å². The van der Waals surface area contributed by atoms with Crippen LogP contribution in [0.15, 0.2) is 0 Å². The molecule has 0 aromatic rings. The van der Waals surface area contributed by atoms with Gasteiger partial charge in [-0.05, 0) is 37.0 Å². The molecular weight excluding hydrogens is 160 g/mol. The molecule has 0 aliphatic heterocycles. The van der Waals surface area contributed by atoms with E-state index in [-0.39, 0.29) is 0 Å². The van der Waals surface area contributed by atoms with Crippen LogP contribution in [-0.4, -0.2) is 11.7 Å². The fourth-order valence-corrected chi connectivity index (χ4v) is 1.57. The van der Waals surface area contributed by atoms with Crippen molar-refractivity contribution in [3.63, 3.8) is 0 Å². The summed E-state index contributed by atoms with van der Waals surface area (Å²) >= 11 is 0. The first kappa shape index (κ1) is 13.0. The Bertz CT molecular complexity index is 113. The van der Waals surface area contributed by atoms with E-state index in [1.807, 2.05) is 0 Å². The zero-order valence-electron chi connectivity index (χ0n) is 9.77. The zero-order valence-corrected chi connectivity index (χ0v) is 9.77. The highest BCUT2D eigenvalue weighted by Gasteiger charge is 2.13. The van der Waals surface area contributed by atoms with Gasteiger partial charge in [0, 0.05) is 6.61 Å². The van der Waals surface area contributed by atoms with Gasteiger partial charge in [0.25, 0.3) is 0 Å². The Morgan fingerprint density at radius 3 is 2.15 bits per heavy atom. The summed E-state index contributed by atoms with van der Waals surface area (Å²) in [5.41, 5.74) is 0.465. The van der Waals surface area contributed by atoms with Crippen LogP contribution in [0.4, 0.5) is 0 Å². The Labute approximate surface area is 83.5 Å².